The fourth-order valence-electron chi connectivity index (χ4n) is 6.79. The average Bonchev–Trinajstić information content (AvgIpc) is 3.46. The zero-order chi connectivity index (χ0) is 26.3. The van der Waals surface area contributed by atoms with Crippen LogP contribution in [0.2, 0.25) is 5.02 Å². The standard InChI is InChI=1S/C28H35ClN6O3/c1-37-24-8-7-23(21-14-19(3-2-4-20(21)24)35-9-11-38-12-10-35)32-27-31-16-22(29)25(33-27)34-28(26(30)36)15-17-5-6-18(28)13-17/h5-8,16-19H,2-4,9-15H2,1H3,(H2,30,36)(H2,31,32,33,34). The van der Waals surface area contributed by atoms with E-state index in [1.165, 1.54) is 11.1 Å². The summed E-state index contributed by atoms with van der Waals surface area (Å²) in [5.41, 5.74) is 8.45. The Morgan fingerprint density at radius 1 is 1.26 bits per heavy atom. The van der Waals surface area contributed by atoms with Gasteiger partial charge in [0, 0.05) is 30.7 Å². The van der Waals surface area contributed by atoms with Gasteiger partial charge in [-0.15, -0.1) is 0 Å². The van der Waals surface area contributed by atoms with Gasteiger partial charge in [-0.25, -0.2) is 4.98 Å². The van der Waals surface area contributed by atoms with Gasteiger partial charge in [0.2, 0.25) is 11.9 Å². The maximum Gasteiger partial charge on any atom is 0.243 e. The molecular formula is C28H35ClN6O3. The van der Waals surface area contributed by atoms with Crippen LogP contribution in [0.4, 0.5) is 17.5 Å². The summed E-state index contributed by atoms with van der Waals surface area (Å²) in [6, 6.07) is 4.49. The number of nitrogens with zero attached hydrogens (tertiary/aromatic N) is 3. The van der Waals surface area contributed by atoms with E-state index in [1.807, 2.05) is 12.1 Å². The number of nitrogens with one attached hydrogen (secondary N) is 2. The maximum atomic E-state index is 12.6. The van der Waals surface area contributed by atoms with Crippen LogP contribution in [0.25, 0.3) is 0 Å². The van der Waals surface area contributed by atoms with Crippen LogP contribution in [0.15, 0.2) is 30.5 Å². The van der Waals surface area contributed by atoms with Crippen molar-refractivity contribution in [3.63, 3.8) is 0 Å². The van der Waals surface area contributed by atoms with E-state index < -0.39 is 5.54 Å². The van der Waals surface area contributed by atoms with E-state index >= 15 is 0 Å². The Bertz CT molecular complexity index is 1250. The lowest BCUT2D eigenvalue weighted by molar-refractivity contribution is -0.123. The number of fused-ring (bicyclic) bond motifs is 3. The second-order valence-electron chi connectivity index (χ2n) is 10.8. The molecule has 9 nitrogen and oxygen atoms in total. The predicted octanol–water partition coefficient (Wildman–Crippen LogP) is 3.69. The molecule has 1 amide bonds. The summed E-state index contributed by atoms with van der Waals surface area (Å²) in [5, 5.41) is 7.14. The summed E-state index contributed by atoms with van der Waals surface area (Å²) in [6.07, 6.45) is 11.5. The molecule has 4 aliphatic rings. The van der Waals surface area contributed by atoms with Crippen molar-refractivity contribution in [1.82, 2.24) is 14.9 Å². The molecule has 1 aromatic heterocycles. The van der Waals surface area contributed by atoms with E-state index in [4.69, 9.17) is 31.8 Å². The topological polar surface area (TPSA) is 115 Å². The fourth-order valence-corrected chi connectivity index (χ4v) is 6.92. The number of methoxy groups -OCH3 is 1. The molecule has 2 fully saturated rings. The number of allylic oxidation sites excluding steroid dienone is 1. The highest BCUT2D eigenvalue weighted by Gasteiger charge is 2.53. The first-order chi connectivity index (χ1) is 18.5. The molecule has 6 rings (SSSR count). The number of nitrogens with two attached hydrogens (primary N) is 1. The third kappa shape index (κ3) is 4.61. The Kier molecular flexibility index (Phi) is 6.92. The third-order valence-electron chi connectivity index (χ3n) is 8.74. The van der Waals surface area contributed by atoms with Gasteiger partial charge in [-0.1, -0.05) is 23.8 Å². The Morgan fingerprint density at radius 3 is 2.82 bits per heavy atom. The first-order valence-corrected chi connectivity index (χ1v) is 13.9. The number of rotatable bonds is 7. The molecule has 38 heavy (non-hydrogen) atoms. The highest BCUT2D eigenvalue weighted by Crippen LogP contribution is 2.48. The van der Waals surface area contributed by atoms with Crippen molar-refractivity contribution in [2.45, 2.75) is 50.1 Å². The normalized spacial score (nSPS) is 28.5. The van der Waals surface area contributed by atoms with E-state index in [1.54, 1.807) is 13.3 Å². The minimum atomic E-state index is -0.892. The predicted molar refractivity (Wildman–Crippen MR) is 147 cm³/mol. The van der Waals surface area contributed by atoms with E-state index in [2.05, 4.69) is 32.7 Å². The van der Waals surface area contributed by atoms with Crippen LogP contribution in [0.3, 0.4) is 0 Å². The van der Waals surface area contributed by atoms with Crippen LogP contribution in [-0.2, 0) is 22.4 Å². The van der Waals surface area contributed by atoms with Gasteiger partial charge in [-0.3, -0.25) is 9.69 Å². The van der Waals surface area contributed by atoms with Gasteiger partial charge in [-0.2, -0.15) is 4.98 Å². The summed E-state index contributed by atoms with van der Waals surface area (Å²) < 4.78 is 11.3. The molecule has 0 radical (unpaired) electrons. The maximum absolute atomic E-state index is 12.6. The summed E-state index contributed by atoms with van der Waals surface area (Å²) in [5.74, 6) is 1.73. The zero-order valence-electron chi connectivity index (χ0n) is 21.7. The molecule has 4 unspecified atom stereocenters. The van der Waals surface area contributed by atoms with Crippen LogP contribution in [0, 0.1) is 11.8 Å². The number of primary amides is 1. The summed E-state index contributed by atoms with van der Waals surface area (Å²) in [7, 11) is 1.73. The van der Waals surface area contributed by atoms with Gasteiger partial charge >= 0.3 is 0 Å². The lowest BCUT2D eigenvalue weighted by atomic mass is 9.83. The average molecular weight is 539 g/mol. The number of halogens is 1. The van der Waals surface area contributed by atoms with Gasteiger partial charge in [0.05, 0.1) is 26.5 Å². The minimum Gasteiger partial charge on any atom is -0.496 e. The summed E-state index contributed by atoms with van der Waals surface area (Å²) in [4.78, 5) is 24.3. The smallest absolute Gasteiger partial charge is 0.243 e. The molecule has 0 spiro atoms. The number of aromatic nitrogens is 2. The van der Waals surface area contributed by atoms with Crippen LogP contribution in [0.1, 0.15) is 36.8 Å². The quantitative estimate of drug-likeness (QED) is 0.361. The third-order valence-corrected chi connectivity index (χ3v) is 9.01. The SMILES string of the molecule is COc1ccc(Nc2ncc(Cl)c(NC3(C(N)=O)CC4C=CC3C4)n2)c2c1CCCC(N1CCOCC1)C2. The molecule has 4 N–H and O–H groups in total. The Balaban J connectivity index is 1.29. The largest absolute Gasteiger partial charge is 0.496 e. The Labute approximate surface area is 228 Å². The number of carbonyl (C=O) groups is 1. The number of morpholine rings is 1. The molecule has 1 saturated heterocycles. The van der Waals surface area contributed by atoms with Gasteiger partial charge in [0.25, 0.3) is 0 Å². The Hall–Kier alpha value is -2.88. The first-order valence-electron chi connectivity index (χ1n) is 13.5. The Morgan fingerprint density at radius 2 is 2.11 bits per heavy atom. The molecule has 2 bridgehead atoms. The van der Waals surface area contributed by atoms with Crippen molar-refractivity contribution >= 4 is 35.0 Å². The van der Waals surface area contributed by atoms with Crippen molar-refractivity contribution in [1.29, 1.82) is 0 Å². The molecule has 1 aliphatic heterocycles. The number of anilines is 3. The number of amides is 1. The lowest BCUT2D eigenvalue weighted by Gasteiger charge is -2.34. The molecular weight excluding hydrogens is 504 g/mol. The zero-order valence-corrected chi connectivity index (χ0v) is 22.5. The number of hydrogen-bond donors (Lipinski definition) is 3. The van der Waals surface area contributed by atoms with E-state index in [-0.39, 0.29) is 11.8 Å². The van der Waals surface area contributed by atoms with Crippen molar-refractivity contribution < 1.29 is 14.3 Å². The minimum absolute atomic E-state index is 0.0296. The molecule has 3 aliphatic carbocycles. The second-order valence-corrected chi connectivity index (χ2v) is 11.2. The van der Waals surface area contributed by atoms with Gasteiger partial charge < -0.3 is 25.8 Å². The molecule has 202 valence electrons. The van der Waals surface area contributed by atoms with Gasteiger partial charge in [0.15, 0.2) is 5.82 Å². The number of ether oxygens (including phenoxy) is 2. The molecule has 1 aromatic carbocycles. The fraction of sp³-hybridized carbons (Fsp3) is 0.536. The highest BCUT2D eigenvalue weighted by atomic mass is 35.5. The highest BCUT2D eigenvalue weighted by molar-refractivity contribution is 6.32. The van der Waals surface area contributed by atoms with Gasteiger partial charge in [-0.05, 0) is 67.7 Å². The number of hydrogen-bond acceptors (Lipinski definition) is 8. The van der Waals surface area contributed by atoms with Crippen LogP contribution >= 0.6 is 11.6 Å². The summed E-state index contributed by atoms with van der Waals surface area (Å²) >= 11 is 6.51. The first kappa shape index (κ1) is 25.4. The van der Waals surface area contributed by atoms with Crippen LogP contribution in [0.5, 0.6) is 5.75 Å². The number of benzene rings is 1. The van der Waals surface area contributed by atoms with Crippen LogP contribution in [-0.4, -0.2) is 65.8 Å². The van der Waals surface area contributed by atoms with Crippen molar-refractivity contribution in [2.24, 2.45) is 17.6 Å². The molecule has 10 heteroatoms. The number of carbonyl (C=O) groups excluding carboxylic acids is 1. The van der Waals surface area contributed by atoms with Gasteiger partial charge in [0.1, 0.15) is 16.3 Å². The van der Waals surface area contributed by atoms with Crippen LogP contribution < -0.4 is 21.1 Å². The molecule has 1 saturated carbocycles. The van der Waals surface area contributed by atoms with Crippen molar-refractivity contribution in [3.8, 4) is 5.75 Å². The monoisotopic (exact) mass is 538 g/mol. The van der Waals surface area contributed by atoms with Crippen molar-refractivity contribution in [3.05, 3.63) is 46.6 Å². The molecule has 4 atom stereocenters. The van der Waals surface area contributed by atoms with Crippen molar-refractivity contribution in [2.75, 3.05) is 44.0 Å². The second kappa shape index (κ2) is 10.4. The summed E-state index contributed by atoms with van der Waals surface area (Å²) in [6.45, 7) is 3.48. The van der Waals surface area contributed by atoms with E-state index in [9.17, 15) is 4.79 Å². The molecule has 2 heterocycles. The van der Waals surface area contributed by atoms with E-state index in [0.29, 0.717) is 35.2 Å². The van der Waals surface area contributed by atoms with E-state index in [0.717, 1.165) is 69.8 Å². The molecule has 2 aromatic rings. The lowest BCUT2D eigenvalue weighted by Crippen LogP contribution is -2.53.